The third kappa shape index (κ3) is 4.76. The van der Waals surface area contributed by atoms with E-state index in [0.717, 1.165) is 11.3 Å². The molecule has 0 unspecified atom stereocenters. The van der Waals surface area contributed by atoms with Crippen molar-refractivity contribution in [1.29, 1.82) is 5.26 Å². The molecule has 5 nitrogen and oxygen atoms in total. The minimum absolute atomic E-state index is 0.113. The van der Waals surface area contributed by atoms with Gasteiger partial charge in [-0.05, 0) is 25.1 Å². The molecule has 1 rings (SSSR count). The standard InChI is InChI=1S/C15H19ClN4O/c1-4-15(21)20(9-5-8-17)19-11(2)13-10-12(16)6-7-14(13)18-3/h6-7,10,18H,4-5,9H2,1-3H3/b19-11+. The summed E-state index contributed by atoms with van der Waals surface area (Å²) in [6.07, 6.45) is 0.591. The number of nitrogens with zero attached hydrogens (tertiary/aromatic N) is 3. The van der Waals surface area contributed by atoms with Gasteiger partial charge in [0.25, 0.3) is 0 Å². The van der Waals surface area contributed by atoms with Gasteiger partial charge in [-0.15, -0.1) is 0 Å². The second-order valence-electron chi connectivity index (χ2n) is 4.40. The topological polar surface area (TPSA) is 68.5 Å². The van der Waals surface area contributed by atoms with Gasteiger partial charge >= 0.3 is 0 Å². The molecule has 6 heteroatoms. The molecule has 21 heavy (non-hydrogen) atoms. The summed E-state index contributed by atoms with van der Waals surface area (Å²) in [5, 5.41) is 18.0. The van der Waals surface area contributed by atoms with Crippen molar-refractivity contribution in [1.82, 2.24) is 5.01 Å². The lowest BCUT2D eigenvalue weighted by molar-refractivity contribution is -0.130. The Morgan fingerprint density at radius 3 is 2.81 bits per heavy atom. The van der Waals surface area contributed by atoms with Crippen molar-refractivity contribution in [2.24, 2.45) is 5.10 Å². The number of rotatable bonds is 6. The van der Waals surface area contributed by atoms with E-state index in [1.165, 1.54) is 5.01 Å². The van der Waals surface area contributed by atoms with Gasteiger partial charge < -0.3 is 5.32 Å². The number of carbonyl (C=O) groups is 1. The predicted octanol–water partition coefficient (Wildman–Crippen LogP) is 3.26. The molecule has 112 valence electrons. The Kier molecular flexibility index (Phi) is 6.70. The highest BCUT2D eigenvalue weighted by Crippen LogP contribution is 2.21. The van der Waals surface area contributed by atoms with Gasteiger partial charge in [0.05, 0.1) is 24.7 Å². The van der Waals surface area contributed by atoms with Crippen molar-refractivity contribution in [2.75, 3.05) is 18.9 Å². The Balaban J connectivity index is 3.13. The van der Waals surface area contributed by atoms with E-state index in [4.69, 9.17) is 16.9 Å². The van der Waals surface area contributed by atoms with Crippen molar-refractivity contribution >= 4 is 28.9 Å². The van der Waals surface area contributed by atoms with E-state index >= 15 is 0 Å². The Morgan fingerprint density at radius 1 is 1.52 bits per heavy atom. The average molecular weight is 307 g/mol. The van der Waals surface area contributed by atoms with E-state index in [-0.39, 0.29) is 18.9 Å². The molecule has 0 saturated heterocycles. The van der Waals surface area contributed by atoms with Crippen LogP contribution in [0.5, 0.6) is 0 Å². The van der Waals surface area contributed by atoms with Crippen LogP contribution in [0.3, 0.4) is 0 Å². The fourth-order valence-corrected chi connectivity index (χ4v) is 2.01. The normalized spacial score (nSPS) is 10.9. The summed E-state index contributed by atoms with van der Waals surface area (Å²) in [5.74, 6) is -0.113. The van der Waals surface area contributed by atoms with Crippen LogP contribution in [0.1, 0.15) is 32.3 Å². The number of hydrogen-bond donors (Lipinski definition) is 1. The van der Waals surface area contributed by atoms with Crippen LogP contribution >= 0.6 is 11.6 Å². The summed E-state index contributed by atoms with van der Waals surface area (Å²) < 4.78 is 0. The molecule has 0 saturated carbocycles. The van der Waals surface area contributed by atoms with Crippen molar-refractivity contribution in [3.05, 3.63) is 28.8 Å². The summed E-state index contributed by atoms with van der Waals surface area (Å²) >= 11 is 6.02. The molecule has 0 fully saturated rings. The van der Waals surface area contributed by atoms with Gasteiger partial charge in [-0.3, -0.25) is 4.79 Å². The highest BCUT2D eigenvalue weighted by atomic mass is 35.5. The molecule has 0 aromatic heterocycles. The highest BCUT2D eigenvalue weighted by molar-refractivity contribution is 6.31. The first-order valence-corrected chi connectivity index (χ1v) is 7.11. The zero-order chi connectivity index (χ0) is 15.8. The lowest BCUT2D eigenvalue weighted by Gasteiger charge is -2.17. The van der Waals surface area contributed by atoms with Gasteiger partial charge in [0, 0.05) is 29.7 Å². The monoisotopic (exact) mass is 306 g/mol. The van der Waals surface area contributed by atoms with E-state index < -0.39 is 0 Å². The third-order valence-corrected chi connectivity index (χ3v) is 3.17. The number of nitriles is 1. The van der Waals surface area contributed by atoms with E-state index in [1.54, 1.807) is 19.1 Å². The Morgan fingerprint density at radius 2 is 2.24 bits per heavy atom. The summed E-state index contributed by atoms with van der Waals surface area (Å²) in [6.45, 7) is 3.87. The Labute approximate surface area is 130 Å². The van der Waals surface area contributed by atoms with Gasteiger partial charge in [0.1, 0.15) is 0 Å². The molecule has 1 amide bonds. The Bertz CT molecular complexity index is 578. The quantitative estimate of drug-likeness (QED) is 0.648. The first-order chi connectivity index (χ1) is 10.0. The van der Waals surface area contributed by atoms with Gasteiger partial charge in [0.15, 0.2) is 0 Å². The summed E-state index contributed by atoms with van der Waals surface area (Å²) in [5.41, 5.74) is 2.38. The summed E-state index contributed by atoms with van der Waals surface area (Å²) in [7, 11) is 1.81. The molecular formula is C15H19ClN4O. The summed E-state index contributed by atoms with van der Waals surface area (Å²) in [6, 6.07) is 7.47. The van der Waals surface area contributed by atoms with Gasteiger partial charge in [0.2, 0.25) is 5.91 Å². The molecule has 0 radical (unpaired) electrons. The van der Waals surface area contributed by atoms with Crippen molar-refractivity contribution < 1.29 is 4.79 Å². The van der Waals surface area contributed by atoms with E-state index in [9.17, 15) is 4.79 Å². The molecule has 0 atom stereocenters. The van der Waals surface area contributed by atoms with Crippen LogP contribution in [0.4, 0.5) is 5.69 Å². The molecular weight excluding hydrogens is 288 g/mol. The van der Waals surface area contributed by atoms with E-state index in [1.807, 2.05) is 26.1 Å². The van der Waals surface area contributed by atoms with Crippen molar-refractivity contribution in [2.45, 2.75) is 26.7 Å². The maximum Gasteiger partial charge on any atom is 0.242 e. The zero-order valence-electron chi connectivity index (χ0n) is 12.5. The van der Waals surface area contributed by atoms with Gasteiger partial charge in [-0.25, -0.2) is 5.01 Å². The van der Waals surface area contributed by atoms with Gasteiger partial charge in [-0.1, -0.05) is 18.5 Å². The number of hydrogen-bond acceptors (Lipinski definition) is 4. The number of nitrogens with one attached hydrogen (secondary N) is 1. The number of benzene rings is 1. The first-order valence-electron chi connectivity index (χ1n) is 6.73. The number of anilines is 1. The minimum atomic E-state index is -0.113. The van der Waals surface area contributed by atoms with Crippen LogP contribution in [0.2, 0.25) is 5.02 Å². The SMILES string of the molecule is CCC(=O)N(CCC#N)/N=C(\C)c1cc(Cl)ccc1NC. The molecule has 0 heterocycles. The van der Waals surface area contributed by atoms with Crippen LogP contribution < -0.4 is 5.32 Å². The van der Waals surface area contributed by atoms with Crippen LogP contribution in [0.25, 0.3) is 0 Å². The smallest absolute Gasteiger partial charge is 0.242 e. The van der Waals surface area contributed by atoms with Crippen LogP contribution in [0.15, 0.2) is 23.3 Å². The van der Waals surface area contributed by atoms with E-state index in [2.05, 4.69) is 10.4 Å². The van der Waals surface area contributed by atoms with E-state index in [0.29, 0.717) is 17.2 Å². The van der Waals surface area contributed by atoms with Crippen molar-refractivity contribution in [3.63, 3.8) is 0 Å². The molecule has 0 spiro atoms. The minimum Gasteiger partial charge on any atom is -0.388 e. The molecule has 1 aromatic rings. The number of amides is 1. The second kappa shape index (κ2) is 8.28. The average Bonchev–Trinajstić information content (AvgIpc) is 2.50. The van der Waals surface area contributed by atoms with Crippen LogP contribution in [0, 0.1) is 11.3 Å². The highest BCUT2D eigenvalue weighted by Gasteiger charge is 2.12. The number of hydrazone groups is 1. The fourth-order valence-electron chi connectivity index (χ4n) is 1.84. The molecule has 1 aromatic carbocycles. The Hall–Kier alpha value is -2.06. The lowest BCUT2D eigenvalue weighted by atomic mass is 10.1. The maximum atomic E-state index is 11.9. The van der Waals surface area contributed by atoms with Crippen LogP contribution in [-0.2, 0) is 4.79 Å². The molecule has 0 bridgehead atoms. The van der Waals surface area contributed by atoms with Crippen molar-refractivity contribution in [3.8, 4) is 6.07 Å². The molecule has 0 aliphatic rings. The van der Waals surface area contributed by atoms with Gasteiger partial charge in [-0.2, -0.15) is 10.4 Å². The second-order valence-corrected chi connectivity index (χ2v) is 4.84. The number of carbonyl (C=O) groups excluding carboxylic acids is 1. The van der Waals surface area contributed by atoms with Crippen LogP contribution in [-0.4, -0.2) is 30.2 Å². The predicted molar refractivity (Wildman–Crippen MR) is 85.4 cm³/mol. The summed E-state index contributed by atoms with van der Waals surface area (Å²) in [4.78, 5) is 11.9. The maximum absolute atomic E-state index is 11.9. The molecule has 0 aliphatic carbocycles. The molecule has 1 N–H and O–H groups in total. The first kappa shape index (κ1) is 17.0. The lowest BCUT2D eigenvalue weighted by Crippen LogP contribution is -2.27. The zero-order valence-corrected chi connectivity index (χ0v) is 13.2. The largest absolute Gasteiger partial charge is 0.388 e. The number of halogens is 1. The third-order valence-electron chi connectivity index (χ3n) is 2.94. The fraction of sp³-hybridized carbons (Fsp3) is 0.400. The molecule has 0 aliphatic heterocycles.